The van der Waals surface area contributed by atoms with Crippen molar-refractivity contribution in [1.29, 1.82) is 0 Å². The maximum Gasteiger partial charge on any atom is 0.363 e. The Balaban J connectivity index is 1.60. The highest BCUT2D eigenvalue weighted by atomic mass is 79.9. The second-order valence-electron chi connectivity index (χ2n) is 6.65. The Morgan fingerprint density at radius 2 is 1.64 bits per heavy atom. The van der Waals surface area contributed by atoms with Crippen LogP contribution in [0.1, 0.15) is 21.5 Å². The molecule has 5 nitrogen and oxygen atoms in total. The molecule has 0 saturated carbocycles. The molecule has 166 valence electrons. The molecule has 10 heteroatoms. The zero-order chi connectivity index (χ0) is 23.7. The topological polar surface area (TPSA) is 65.0 Å². The van der Waals surface area contributed by atoms with Crippen LogP contribution in [0.5, 0.6) is 5.75 Å². The number of hydrogen-bond donors (Lipinski definition) is 0. The number of carbonyl (C=O) groups excluding carboxylic acids is 2. The molecule has 0 spiro atoms. The molecular formula is C23H10Br2Cl3NO4. The van der Waals surface area contributed by atoms with Gasteiger partial charge in [0.15, 0.2) is 11.4 Å². The molecule has 0 unspecified atom stereocenters. The fourth-order valence-electron chi connectivity index (χ4n) is 2.85. The Morgan fingerprint density at radius 1 is 0.939 bits per heavy atom. The summed E-state index contributed by atoms with van der Waals surface area (Å²) in [6.07, 6.45) is 1.54. The van der Waals surface area contributed by atoms with Crippen LogP contribution in [-0.2, 0) is 9.53 Å². The van der Waals surface area contributed by atoms with Crippen LogP contribution in [0.25, 0.3) is 6.08 Å². The van der Waals surface area contributed by atoms with Gasteiger partial charge in [0.25, 0.3) is 0 Å². The molecule has 3 aromatic rings. The molecule has 0 fully saturated rings. The minimum absolute atomic E-state index is 0.0932. The summed E-state index contributed by atoms with van der Waals surface area (Å²) in [6.45, 7) is 0. The Kier molecular flexibility index (Phi) is 7.26. The van der Waals surface area contributed by atoms with Crippen molar-refractivity contribution in [3.05, 3.63) is 101 Å². The fraction of sp³-hybridized carbons (Fsp3) is 0. The summed E-state index contributed by atoms with van der Waals surface area (Å²) >= 11 is 24.8. The number of esters is 2. The molecule has 0 aromatic heterocycles. The summed E-state index contributed by atoms with van der Waals surface area (Å²) in [5, 5.41) is 0.984. The van der Waals surface area contributed by atoms with Crippen LogP contribution < -0.4 is 4.74 Å². The van der Waals surface area contributed by atoms with Crippen molar-refractivity contribution in [2.45, 2.75) is 0 Å². The lowest BCUT2D eigenvalue weighted by Gasteiger charge is -2.10. The lowest BCUT2D eigenvalue weighted by Crippen LogP contribution is -2.10. The third-order valence-electron chi connectivity index (χ3n) is 4.40. The molecule has 0 bridgehead atoms. The van der Waals surface area contributed by atoms with E-state index < -0.39 is 11.9 Å². The van der Waals surface area contributed by atoms with E-state index in [9.17, 15) is 9.59 Å². The van der Waals surface area contributed by atoms with Gasteiger partial charge in [-0.2, -0.15) is 0 Å². The van der Waals surface area contributed by atoms with Gasteiger partial charge in [-0.05, 0) is 86.0 Å². The third kappa shape index (κ3) is 5.34. The smallest absolute Gasteiger partial charge is 0.363 e. The van der Waals surface area contributed by atoms with Gasteiger partial charge < -0.3 is 9.47 Å². The summed E-state index contributed by atoms with van der Waals surface area (Å²) in [6, 6.07) is 14.7. The predicted octanol–water partition coefficient (Wildman–Crippen LogP) is 7.74. The van der Waals surface area contributed by atoms with Gasteiger partial charge in [0.2, 0.25) is 5.90 Å². The molecule has 33 heavy (non-hydrogen) atoms. The number of carbonyl (C=O) groups is 2. The van der Waals surface area contributed by atoms with Gasteiger partial charge in [0.05, 0.1) is 29.6 Å². The Hall–Kier alpha value is -2.16. The van der Waals surface area contributed by atoms with E-state index in [0.717, 1.165) is 0 Å². The molecule has 0 atom stereocenters. The maximum atomic E-state index is 12.5. The van der Waals surface area contributed by atoms with Crippen molar-refractivity contribution in [2.24, 2.45) is 4.99 Å². The number of hydrogen-bond acceptors (Lipinski definition) is 5. The molecule has 3 aromatic carbocycles. The summed E-state index contributed by atoms with van der Waals surface area (Å²) in [7, 11) is 0. The molecule has 1 aliphatic heterocycles. The number of cyclic esters (lactones) is 1. The first-order chi connectivity index (χ1) is 15.7. The first-order valence-electron chi connectivity index (χ1n) is 9.16. The zero-order valence-electron chi connectivity index (χ0n) is 16.2. The third-order valence-corrected chi connectivity index (χ3v) is 6.65. The lowest BCUT2D eigenvalue weighted by atomic mass is 10.2. The van der Waals surface area contributed by atoms with E-state index in [4.69, 9.17) is 44.3 Å². The Bertz CT molecular complexity index is 1350. The molecule has 1 heterocycles. The Morgan fingerprint density at radius 3 is 2.30 bits per heavy atom. The lowest BCUT2D eigenvalue weighted by molar-refractivity contribution is -0.129. The molecule has 1 aliphatic rings. The van der Waals surface area contributed by atoms with E-state index in [1.165, 1.54) is 0 Å². The van der Waals surface area contributed by atoms with Crippen LogP contribution in [0.15, 0.2) is 74.2 Å². The van der Waals surface area contributed by atoms with E-state index >= 15 is 0 Å². The highest BCUT2D eigenvalue weighted by Crippen LogP contribution is 2.37. The number of nitrogens with zero attached hydrogens (tertiary/aromatic N) is 1. The molecule has 4 rings (SSSR count). The van der Waals surface area contributed by atoms with E-state index in [-0.39, 0.29) is 27.9 Å². The Labute approximate surface area is 220 Å². The van der Waals surface area contributed by atoms with Gasteiger partial charge >= 0.3 is 11.9 Å². The van der Waals surface area contributed by atoms with Crippen molar-refractivity contribution in [3.63, 3.8) is 0 Å². The van der Waals surface area contributed by atoms with Crippen LogP contribution in [0.2, 0.25) is 15.1 Å². The highest BCUT2D eigenvalue weighted by Gasteiger charge is 2.25. The molecular weight excluding hydrogens is 620 g/mol. The molecule has 0 aliphatic carbocycles. The second-order valence-corrected chi connectivity index (χ2v) is 9.58. The molecule has 0 N–H and O–H groups in total. The fourth-order valence-corrected chi connectivity index (χ4v) is 4.75. The van der Waals surface area contributed by atoms with Gasteiger partial charge in [0.1, 0.15) is 0 Å². The van der Waals surface area contributed by atoms with Crippen molar-refractivity contribution >= 4 is 90.6 Å². The van der Waals surface area contributed by atoms with Crippen LogP contribution in [-0.4, -0.2) is 17.8 Å². The van der Waals surface area contributed by atoms with E-state index in [1.807, 2.05) is 0 Å². The minimum Gasteiger partial charge on any atom is -0.420 e. The zero-order valence-corrected chi connectivity index (χ0v) is 21.7. The standard InChI is InChI=1S/C23H10Br2Cl3NO4/c24-14-7-11(8-15(25)20(14)32-22(30)13-3-1-2-4-16(13)26)9-19-23(31)33-21(29-19)12-5-6-17(27)18(28)10-12/h1-10H/b19-9-. The van der Waals surface area contributed by atoms with Gasteiger partial charge in [-0.1, -0.05) is 46.9 Å². The van der Waals surface area contributed by atoms with E-state index in [0.29, 0.717) is 30.1 Å². The van der Waals surface area contributed by atoms with Crippen molar-refractivity contribution in [3.8, 4) is 5.75 Å². The van der Waals surface area contributed by atoms with Crippen LogP contribution in [0, 0.1) is 0 Å². The van der Waals surface area contributed by atoms with E-state index in [1.54, 1.807) is 60.7 Å². The number of aliphatic imine (C=N–C) groups is 1. The van der Waals surface area contributed by atoms with Gasteiger partial charge in [-0.3, -0.25) is 0 Å². The second kappa shape index (κ2) is 9.99. The van der Waals surface area contributed by atoms with Crippen molar-refractivity contribution in [2.75, 3.05) is 0 Å². The molecule has 0 amide bonds. The van der Waals surface area contributed by atoms with Crippen molar-refractivity contribution in [1.82, 2.24) is 0 Å². The summed E-state index contributed by atoms with van der Waals surface area (Å²) < 4.78 is 11.7. The number of halogens is 5. The monoisotopic (exact) mass is 627 g/mol. The maximum absolute atomic E-state index is 12.5. The summed E-state index contributed by atoms with van der Waals surface area (Å²) in [5.41, 5.74) is 1.46. The number of benzene rings is 3. The van der Waals surface area contributed by atoms with Gasteiger partial charge in [-0.15, -0.1) is 0 Å². The minimum atomic E-state index is -0.613. The normalized spacial score (nSPS) is 14.3. The summed E-state index contributed by atoms with van der Waals surface area (Å²) in [4.78, 5) is 29.1. The van der Waals surface area contributed by atoms with Crippen LogP contribution >= 0.6 is 66.7 Å². The number of rotatable bonds is 4. The molecule has 0 saturated heterocycles. The summed E-state index contributed by atoms with van der Waals surface area (Å²) in [5.74, 6) is -0.842. The average Bonchev–Trinajstić information content (AvgIpc) is 3.13. The van der Waals surface area contributed by atoms with Gasteiger partial charge in [-0.25, -0.2) is 14.6 Å². The SMILES string of the molecule is O=C1OC(c2ccc(Cl)c(Cl)c2)=N/C1=C\c1cc(Br)c(OC(=O)c2ccccc2Cl)c(Br)c1. The predicted molar refractivity (Wildman–Crippen MR) is 135 cm³/mol. The van der Waals surface area contributed by atoms with Gasteiger partial charge in [0, 0.05) is 5.56 Å². The highest BCUT2D eigenvalue weighted by molar-refractivity contribution is 9.11. The first-order valence-corrected chi connectivity index (χ1v) is 11.9. The van der Waals surface area contributed by atoms with Crippen molar-refractivity contribution < 1.29 is 19.1 Å². The van der Waals surface area contributed by atoms with Crippen LogP contribution in [0.4, 0.5) is 0 Å². The van der Waals surface area contributed by atoms with Crippen LogP contribution in [0.3, 0.4) is 0 Å². The average molecular weight is 631 g/mol. The number of ether oxygens (including phenoxy) is 2. The quantitative estimate of drug-likeness (QED) is 0.168. The first kappa shape index (κ1) is 24.0. The largest absolute Gasteiger partial charge is 0.420 e. The van der Waals surface area contributed by atoms with E-state index in [2.05, 4.69) is 36.9 Å². The molecule has 0 radical (unpaired) electrons.